The standard InChI is InChI=1S/C20H17N3O3/c24-18(13-23-12-4-9-17-19(23)22-20(25)26-17)21-11-10-15-7-3-6-14-5-1-2-8-16(14)15/h1-9,12H,10-11,13H2,(H,21,24). The van der Waals surface area contributed by atoms with E-state index in [0.717, 1.165) is 6.42 Å². The van der Waals surface area contributed by atoms with Crippen LogP contribution in [-0.2, 0) is 17.8 Å². The zero-order valence-corrected chi connectivity index (χ0v) is 14.0. The van der Waals surface area contributed by atoms with Gasteiger partial charge >= 0.3 is 5.76 Å². The highest BCUT2D eigenvalue weighted by atomic mass is 16.4. The van der Waals surface area contributed by atoms with Crippen molar-refractivity contribution in [1.29, 1.82) is 0 Å². The number of carbonyl (C=O) groups excluding carboxylic acids is 1. The molecule has 2 aromatic rings. The Balaban J connectivity index is 1.40. The quantitative estimate of drug-likeness (QED) is 0.602. The maximum absolute atomic E-state index is 12.2. The van der Waals surface area contributed by atoms with Gasteiger partial charge in [0.2, 0.25) is 5.91 Å². The molecule has 0 saturated heterocycles. The number of oxazole rings is 1. The van der Waals surface area contributed by atoms with Gasteiger partial charge in [0.05, 0.1) is 0 Å². The van der Waals surface area contributed by atoms with Crippen LogP contribution in [0.15, 0.2) is 70.0 Å². The lowest BCUT2D eigenvalue weighted by Crippen LogP contribution is -2.29. The van der Waals surface area contributed by atoms with Gasteiger partial charge in [0, 0.05) is 12.7 Å². The van der Waals surface area contributed by atoms with Crippen molar-refractivity contribution in [3.05, 3.63) is 76.9 Å². The number of hydrogen-bond donors (Lipinski definition) is 1. The van der Waals surface area contributed by atoms with E-state index >= 15 is 0 Å². The van der Waals surface area contributed by atoms with E-state index in [4.69, 9.17) is 4.42 Å². The molecule has 0 aromatic heterocycles. The summed E-state index contributed by atoms with van der Waals surface area (Å²) in [7, 11) is 0. The first kappa shape index (κ1) is 16.1. The molecule has 6 heteroatoms. The van der Waals surface area contributed by atoms with Crippen LogP contribution in [-0.4, -0.2) is 22.0 Å². The fourth-order valence-corrected chi connectivity index (χ4v) is 3.11. The van der Waals surface area contributed by atoms with Gasteiger partial charge in [-0.2, -0.15) is 4.98 Å². The van der Waals surface area contributed by atoms with Crippen molar-refractivity contribution in [2.45, 2.75) is 13.0 Å². The topological polar surface area (TPSA) is 77.1 Å². The SMILES string of the molecule is O=C(Cn1cccc2oc(=O)nc1-2)NCCc1cccc2ccccc12. The van der Waals surface area contributed by atoms with Gasteiger partial charge in [-0.25, -0.2) is 4.79 Å². The number of aromatic nitrogens is 2. The summed E-state index contributed by atoms with van der Waals surface area (Å²) in [5.41, 5.74) is 1.20. The summed E-state index contributed by atoms with van der Waals surface area (Å²) in [5.74, 6) is -0.0442. The summed E-state index contributed by atoms with van der Waals surface area (Å²) in [5, 5.41) is 5.31. The van der Waals surface area contributed by atoms with Gasteiger partial charge in [0.25, 0.3) is 0 Å². The summed E-state index contributed by atoms with van der Waals surface area (Å²) >= 11 is 0. The van der Waals surface area contributed by atoms with Crippen molar-refractivity contribution < 1.29 is 9.21 Å². The maximum atomic E-state index is 12.2. The zero-order chi connectivity index (χ0) is 17.9. The number of nitrogens with zero attached hydrogens (tertiary/aromatic N) is 2. The van der Waals surface area contributed by atoms with Gasteiger partial charge in [-0.1, -0.05) is 42.5 Å². The molecule has 130 valence electrons. The van der Waals surface area contributed by atoms with Crippen molar-refractivity contribution in [2.75, 3.05) is 6.54 Å². The molecule has 0 aliphatic carbocycles. The summed E-state index contributed by atoms with van der Waals surface area (Å²) in [6.45, 7) is 0.619. The minimum Gasteiger partial charge on any atom is -0.405 e. The molecule has 0 spiro atoms. The molecule has 1 amide bonds. The van der Waals surface area contributed by atoms with Crippen molar-refractivity contribution in [3.8, 4) is 11.6 Å². The molecule has 0 saturated carbocycles. The number of hydrogen-bond acceptors (Lipinski definition) is 4. The smallest absolute Gasteiger partial charge is 0.405 e. The predicted molar refractivity (Wildman–Crippen MR) is 98.0 cm³/mol. The zero-order valence-electron chi connectivity index (χ0n) is 14.0. The van der Waals surface area contributed by atoms with E-state index in [-0.39, 0.29) is 12.5 Å². The molecule has 2 aliphatic rings. The maximum Gasteiger partial charge on any atom is 0.441 e. The second kappa shape index (κ2) is 6.84. The fraction of sp³-hybridized carbons (Fsp3) is 0.150. The van der Waals surface area contributed by atoms with E-state index in [0.29, 0.717) is 18.1 Å². The van der Waals surface area contributed by atoms with Crippen LogP contribution in [0.5, 0.6) is 0 Å². The van der Waals surface area contributed by atoms with Gasteiger partial charge in [-0.05, 0) is 34.9 Å². The van der Waals surface area contributed by atoms with E-state index in [1.54, 1.807) is 22.9 Å². The molecule has 0 fully saturated rings. The number of pyridine rings is 1. The van der Waals surface area contributed by atoms with E-state index in [9.17, 15) is 9.59 Å². The number of amides is 1. The van der Waals surface area contributed by atoms with Gasteiger partial charge in [-0.3, -0.25) is 4.79 Å². The van der Waals surface area contributed by atoms with Crippen LogP contribution in [0.2, 0.25) is 0 Å². The van der Waals surface area contributed by atoms with Crippen LogP contribution in [0.3, 0.4) is 0 Å². The molecule has 0 atom stereocenters. The van der Waals surface area contributed by atoms with Gasteiger partial charge in [0.15, 0.2) is 11.6 Å². The van der Waals surface area contributed by atoms with Crippen LogP contribution >= 0.6 is 0 Å². The Labute approximate surface area is 149 Å². The second-order valence-corrected chi connectivity index (χ2v) is 6.04. The lowest BCUT2D eigenvalue weighted by Gasteiger charge is -2.11. The first-order chi connectivity index (χ1) is 12.7. The summed E-state index contributed by atoms with van der Waals surface area (Å²) in [4.78, 5) is 27.3. The lowest BCUT2D eigenvalue weighted by molar-refractivity contribution is -0.121. The van der Waals surface area contributed by atoms with Crippen LogP contribution < -0.4 is 11.1 Å². The Bertz CT molecular complexity index is 1090. The first-order valence-electron chi connectivity index (χ1n) is 8.40. The lowest BCUT2D eigenvalue weighted by atomic mass is 10.0. The first-order valence-corrected chi connectivity index (χ1v) is 8.40. The average molecular weight is 347 g/mol. The molecule has 4 rings (SSSR count). The Morgan fingerprint density at radius 1 is 1.08 bits per heavy atom. The summed E-state index contributed by atoms with van der Waals surface area (Å²) in [6.07, 6.45) is 2.45. The molecule has 2 aliphatic heterocycles. The average Bonchev–Trinajstić information content (AvgIpc) is 3.03. The molecule has 6 nitrogen and oxygen atoms in total. The highest BCUT2D eigenvalue weighted by Crippen LogP contribution is 2.19. The van der Waals surface area contributed by atoms with Crippen LogP contribution in [0.1, 0.15) is 5.56 Å². The number of carbonyl (C=O) groups is 1. The Kier molecular flexibility index (Phi) is 4.23. The Hall–Kier alpha value is -3.41. The van der Waals surface area contributed by atoms with Gasteiger partial charge in [0.1, 0.15) is 6.54 Å². The molecule has 26 heavy (non-hydrogen) atoms. The molecular formula is C20H17N3O3. The Morgan fingerprint density at radius 2 is 1.92 bits per heavy atom. The van der Waals surface area contributed by atoms with E-state index in [2.05, 4.69) is 34.6 Å². The monoisotopic (exact) mass is 347 g/mol. The highest BCUT2D eigenvalue weighted by molar-refractivity contribution is 5.85. The van der Waals surface area contributed by atoms with E-state index in [1.165, 1.54) is 16.3 Å². The summed E-state index contributed by atoms with van der Waals surface area (Å²) < 4.78 is 6.56. The summed E-state index contributed by atoms with van der Waals surface area (Å²) in [6, 6.07) is 17.8. The van der Waals surface area contributed by atoms with Gasteiger partial charge in [-0.15, -0.1) is 0 Å². The highest BCUT2D eigenvalue weighted by Gasteiger charge is 2.15. The third kappa shape index (κ3) is 3.21. The predicted octanol–water partition coefficient (Wildman–Crippen LogP) is 2.45. The third-order valence-corrected chi connectivity index (χ3v) is 4.31. The minimum atomic E-state index is -0.656. The molecule has 2 aromatic carbocycles. The number of benzene rings is 2. The molecule has 1 N–H and O–H groups in total. The number of nitrogens with one attached hydrogen (secondary N) is 1. The van der Waals surface area contributed by atoms with Crippen molar-refractivity contribution >= 4 is 16.7 Å². The van der Waals surface area contributed by atoms with E-state index < -0.39 is 5.76 Å². The largest absolute Gasteiger partial charge is 0.441 e. The fourth-order valence-electron chi connectivity index (χ4n) is 3.11. The molecular weight excluding hydrogens is 330 g/mol. The van der Waals surface area contributed by atoms with Crippen LogP contribution in [0.4, 0.5) is 0 Å². The molecule has 0 radical (unpaired) electrons. The normalized spacial score (nSPS) is 11.1. The van der Waals surface area contributed by atoms with Crippen molar-refractivity contribution in [3.63, 3.8) is 0 Å². The van der Waals surface area contributed by atoms with Gasteiger partial charge < -0.3 is 14.3 Å². The van der Waals surface area contributed by atoms with Crippen molar-refractivity contribution in [1.82, 2.24) is 14.9 Å². The number of rotatable bonds is 5. The Morgan fingerprint density at radius 3 is 2.85 bits per heavy atom. The molecule has 0 unspecified atom stereocenters. The van der Waals surface area contributed by atoms with Crippen LogP contribution in [0, 0.1) is 0 Å². The van der Waals surface area contributed by atoms with E-state index in [1.807, 2.05) is 18.2 Å². The third-order valence-electron chi connectivity index (χ3n) is 4.31. The minimum absolute atomic E-state index is 0.0822. The number of fused-ring (bicyclic) bond motifs is 2. The molecule has 0 bridgehead atoms. The second-order valence-electron chi connectivity index (χ2n) is 6.04. The van der Waals surface area contributed by atoms with Crippen LogP contribution in [0.25, 0.3) is 22.4 Å². The molecule has 2 heterocycles. The van der Waals surface area contributed by atoms with Crippen molar-refractivity contribution in [2.24, 2.45) is 0 Å².